The molecule has 2 aromatic carbocycles. The van der Waals surface area contributed by atoms with Crippen LogP contribution in [0.2, 0.25) is 0 Å². The molecule has 136 valence electrons. The van der Waals surface area contributed by atoms with Crippen LogP contribution in [-0.2, 0) is 4.74 Å². The average molecular weight is 388 g/mol. The van der Waals surface area contributed by atoms with Gasteiger partial charge < -0.3 is 9.84 Å². The summed E-state index contributed by atoms with van der Waals surface area (Å²) in [7, 11) is 0. The first-order valence-corrected chi connectivity index (χ1v) is 9.40. The first kappa shape index (κ1) is 20.2. The summed E-state index contributed by atoms with van der Waals surface area (Å²) in [5.41, 5.74) is -0.824. The molecule has 0 aliphatic heterocycles. The van der Waals surface area contributed by atoms with Crippen molar-refractivity contribution in [2.45, 2.75) is 39.7 Å². The molecule has 0 aliphatic carbocycles. The van der Waals surface area contributed by atoms with Gasteiger partial charge in [0, 0.05) is 22.8 Å². The zero-order chi connectivity index (χ0) is 18.3. The van der Waals surface area contributed by atoms with Crippen LogP contribution < -0.4 is 0 Å². The molecule has 1 N–H and O–H groups in total. The highest BCUT2D eigenvalue weighted by atomic mass is 32.2. The molecule has 0 aliphatic rings. The molecule has 2 nitrogen and oxygen atoms in total. The Bertz CT molecular complexity index is 638. The van der Waals surface area contributed by atoms with Gasteiger partial charge in [0.15, 0.2) is 0 Å². The summed E-state index contributed by atoms with van der Waals surface area (Å²) in [6, 6.07) is 17.1. The van der Waals surface area contributed by atoms with Crippen LogP contribution >= 0.6 is 23.5 Å². The van der Waals surface area contributed by atoms with E-state index in [4.69, 9.17) is 4.74 Å². The fourth-order valence-electron chi connectivity index (χ4n) is 2.10. The van der Waals surface area contributed by atoms with Gasteiger partial charge in [-0.05, 0) is 31.2 Å². The molecule has 2 rings (SSSR count). The Balaban J connectivity index is 2.20. The van der Waals surface area contributed by atoms with Gasteiger partial charge in [0.2, 0.25) is 4.93 Å². The molecule has 0 fully saturated rings. The highest BCUT2D eigenvalue weighted by Gasteiger charge is 2.55. The van der Waals surface area contributed by atoms with E-state index in [9.17, 15) is 18.3 Å². The molecule has 0 heterocycles. The zero-order valence-electron chi connectivity index (χ0n) is 13.6. The van der Waals surface area contributed by atoms with Crippen LogP contribution in [0.5, 0.6) is 0 Å². The Morgan fingerprint density at radius 1 is 0.960 bits per heavy atom. The van der Waals surface area contributed by atoms with Crippen LogP contribution in [-0.4, -0.2) is 28.3 Å². The lowest BCUT2D eigenvalue weighted by Gasteiger charge is -2.32. The number of hydrogen-bond donors (Lipinski definition) is 1. The molecule has 25 heavy (non-hydrogen) atoms. The van der Waals surface area contributed by atoms with Gasteiger partial charge in [-0.2, -0.15) is 13.2 Å². The van der Waals surface area contributed by atoms with Crippen molar-refractivity contribution in [3.63, 3.8) is 0 Å². The van der Waals surface area contributed by atoms with Crippen LogP contribution in [0, 0.1) is 0 Å². The molecule has 0 amide bonds. The molecule has 0 saturated carbocycles. The second kappa shape index (κ2) is 8.98. The second-order valence-electron chi connectivity index (χ2n) is 5.22. The quantitative estimate of drug-likeness (QED) is 0.473. The summed E-state index contributed by atoms with van der Waals surface area (Å²) in [5, 5.41) is 10.4. The minimum absolute atomic E-state index is 0.258. The minimum atomic E-state index is -4.79. The predicted octanol–water partition coefficient (Wildman–Crippen LogP) is 5.57. The van der Waals surface area contributed by atoms with Gasteiger partial charge in [0.05, 0.1) is 0 Å². The molecule has 7 heteroatoms. The maximum atomic E-state index is 13.6. The Hall–Kier alpha value is -1.15. The lowest BCUT2D eigenvalue weighted by atomic mass is 10.2. The molecule has 0 bridgehead atoms. The van der Waals surface area contributed by atoms with Crippen molar-refractivity contribution in [1.29, 1.82) is 0 Å². The van der Waals surface area contributed by atoms with E-state index in [1.165, 1.54) is 11.8 Å². The Labute approximate surface area is 153 Å². The summed E-state index contributed by atoms with van der Waals surface area (Å²) in [6.45, 7) is 1.98. The van der Waals surface area contributed by atoms with E-state index in [0.717, 1.165) is 4.90 Å². The van der Waals surface area contributed by atoms with E-state index in [1.807, 2.05) is 6.07 Å². The number of rotatable bonds is 8. The Morgan fingerprint density at radius 2 is 1.48 bits per heavy atom. The monoisotopic (exact) mass is 388 g/mol. The topological polar surface area (TPSA) is 29.5 Å². The zero-order valence-corrected chi connectivity index (χ0v) is 15.2. The minimum Gasteiger partial charge on any atom is -0.371 e. The smallest absolute Gasteiger partial charge is 0.371 e. The molecule has 0 unspecified atom stereocenters. The van der Waals surface area contributed by atoms with E-state index in [0.29, 0.717) is 16.7 Å². The third kappa shape index (κ3) is 5.95. The Kier molecular flexibility index (Phi) is 7.25. The molecular weight excluding hydrogens is 369 g/mol. The number of benzene rings is 2. The maximum absolute atomic E-state index is 13.6. The first-order valence-electron chi connectivity index (χ1n) is 7.70. The molecule has 2 atom stereocenters. The van der Waals surface area contributed by atoms with Crippen molar-refractivity contribution in [1.82, 2.24) is 0 Å². The standard InChI is InChI=1S/C18H19F3O2S2/c1-2-23-16(24-14-9-5-3-6-10-14)13-17(22,18(19,20)21)25-15-11-7-4-8-12-15/h3-12,16,22H,2,13H2,1H3/t16-,17+/m0/s1. The molecular formula is C18H19F3O2S2. The largest absolute Gasteiger partial charge is 0.427 e. The van der Waals surface area contributed by atoms with Crippen LogP contribution in [0.4, 0.5) is 13.2 Å². The SMILES string of the molecule is CCO[C@H](C[C@@](O)(Sc1ccccc1)C(F)(F)F)Sc1ccccc1. The van der Waals surface area contributed by atoms with Gasteiger partial charge in [0.25, 0.3) is 0 Å². The number of hydrogen-bond acceptors (Lipinski definition) is 4. The summed E-state index contributed by atoms with van der Waals surface area (Å²) in [5.74, 6) is 0. The van der Waals surface area contributed by atoms with Gasteiger partial charge in [-0.1, -0.05) is 59.9 Å². The first-order chi connectivity index (χ1) is 11.8. The lowest BCUT2D eigenvalue weighted by molar-refractivity contribution is -0.226. The summed E-state index contributed by atoms with van der Waals surface area (Å²) >= 11 is 1.57. The van der Waals surface area contributed by atoms with Crippen molar-refractivity contribution in [2.24, 2.45) is 0 Å². The number of ether oxygens (including phenoxy) is 1. The van der Waals surface area contributed by atoms with Crippen LogP contribution in [0.1, 0.15) is 13.3 Å². The van der Waals surface area contributed by atoms with Gasteiger partial charge in [-0.3, -0.25) is 0 Å². The predicted molar refractivity (Wildman–Crippen MR) is 95.6 cm³/mol. The molecule has 0 saturated heterocycles. The highest BCUT2D eigenvalue weighted by molar-refractivity contribution is 8.01. The van der Waals surface area contributed by atoms with Crippen LogP contribution in [0.15, 0.2) is 70.5 Å². The molecule has 0 aromatic heterocycles. The normalized spacial score (nSPS) is 15.6. The van der Waals surface area contributed by atoms with Gasteiger partial charge in [-0.25, -0.2) is 0 Å². The van der Waals surface area contributed by atoms with Crippen molar-refractivity contribution >= 4 is 23.5 Å². The second-order valence-corrected chi connectivity index (χ2v) is 7.80. The fraction of sp³-hybridized carbons (Fsp3) is 0.333. The molecule has 0 radical (unpaired) electrons. The van der Waals surface area contributed by atoms with Gasteiger partial charge >= 0.3 is 6.18 Å². The molecule has 0 spiro atoms. The van der Waals surface area contributed by atoms with E-state index in [-0.39, 0.29) is 6.61 Å². The summed E-state index contributed by atoms with van der Waals surface area (Å²) in [6.07, 6.45) is -5.37. The fourth-order valence-corrected chi connectivity index (χ4v) is 4.38. The van der Waals surface area contributed by atoms with E-state index >= 15 is 0 Å². The van der Waals surface area contributed by atoms with E-state index in [1.54, 1.807) is 61.5 Å². The van der Waals surface area contributed by atoms with Gasteiger partial charge in [0.1, 0.15) is 5.44 Å². The van der Waals surface area contributed by atoms with Crippen molar-refractivity contribution < 1.29 is 23.0 Å². The van der Waals surface area contributed by atoms with Gasteiger partial charge in [-0.15, -0.1) is 0 Å². The van der Waals surface area contributed by atoms with Crippen molar-refractivity contribution in [3.05, 3.63) is 60.7 Å². The van der Waals surface area contributed by atoms with Crippen LogP contribution in [0.25, 0.3) is 0 Å². The van der Waals surface area contributed by atoms with E-state index < -0.39 is 23.0 Å². The average Bonchev–Trinajstić information content (AvgIpc) is 2.56. The summed E-state index contributed by atoms with van der Waals surface area (Å²) in [4.78, 5) is -1.80. The summed E-state index contributed by atoms with van der Waals surface area (Å²) < 4.78 is 46.2. The van der Waals surface area contributed by atoms with E-state index in [2.05, 4.69) is 0 Å². The van der Waals surface area contributed by atoms with Crippen molar-refractivity contribution in [3.8, 4) is 0 Å². The van der Waals surface area contributed by atoms with Crippen LogP contribution in [0.3, 0.4) is 0 Å². The maximum Gasteiger partial charge on any atom is 0.427 e. The third-order valence-corrected chi connectivity index (χ3v) is 5.63. The number of aliphatic hydroxyl groups is 1. The number of thioether (sulfide) groups is 2. The van der Waals surface area contributed by atoms with Crippen molar-refractivity contribution in [2.75, 3.05) is 6.61 Å². The highest BCUT2D eigenvalue weighted by Crippen LogP contribution is 2.48. The third-order valence-electron chi connectivity index (χ3n) is 3.28. The molecule has 2 aromatic rings. The number of alkyl halides is 3. The Morgan fingerprint density at radius 3 is 1.96 bits per heavy atom. The number of halogens is 3. The lowest BCUT2D eigenvalue weighted by Crippen LogP contribution is -2.44.